The molecule has 0 bridgehead atoms. The highest BCUT2D eigenvalue weighted by Gasteiger charge is 2.16. The third-order valence-corrected chi connectivity index (χ3v) is 3.81. The van der Waals surface area contributed by atoms with Crippen molar-refractivity contribution in [3.8, 4) is 0 Å². The molecule has 18 heavy (non-hydrogen) atoms. The zero-order valence-corrected chi connectivity index (χ0v) is 12.5. The van der Waals surface area contributed by atoms with Crippen molar-refractivity contribution >= 4 is 11.6 Å². The third-order valence-electron chi connectivity index (χ3n) is 3.47. The molecule has 2 unspecified atom stereocenters. The molecular formula is C15H25ClN2. The van der Waals surface area contributed by atoms with Gasteiger partial charge in [0.05, 0.1) is 0 Å². The predicted molar refractivity (Wildman–Crippen MR) is 80.0 cm³/mol. The van der Waals surface area contributed by atoms with Gasteiger partial charge in [0, 0.05) is 23.7 Å². The van der Waals surface area contributed by atoms with Crippen LogP contribution in [0.25, 0.3) is 0 Å². The molecule has 2 nitrogen and oxygen atoms in total. The molecule has 1 aromatic carbocycles. The maximum absolute atomic E-state index is 6.23. The van der Waals surface area contributed by atoms with Crippen LogP contribution >= 0.6 is 11.6 Å². The van der Waals surface area contributed by atoms with Crippen LogP contribution in [0.5, 0.6) is 0 Å². The zero-order valence-electron chi connectivity index (χ0n) is 11.7. The van der Waals surface area contributed by atoms with E-state index in [-0.39, 0.29) is 6.04 Å². The molecule has 0 radical (unpaired) electrons. The minimum absolute atomic E-state index is 0.250. The van der Waals surface area contributed by atoms with E-state index in [1.54, 1.807) is 0 Å². The summed E-state index contributed by atoms with van der Waals surface area (Å²) in [5, 5.41) is 0.832. The van der Waals surface area contributed by atoms with Crippen LogP contribution < -0.4 is 5.73 Å². The lowest BCUT2D eigenvalue weighted by Crippen LogP contribution is -2.36. The van der Waals surface area contributed by atoms with E-state index in [9.17, 15) is 0 Å². The number of nitrogens with zero attached hydrogens (tertiary/aromatic N) is 1. The standard InChI is InChI=1S/C15H25ClN2/c1-4-5-8-13(17)11-18(3)12(2)14-9-6-7-10-15(14)16/h6-7,9-10,12-13H,4-5,8,11,17H2,1-3H3. The maximum Gasteiger partial charge on any atom is 0.0453 e. The van der Waals surface area contributed by atoms with Gasteiger partial charge in [-0.3, -0.25) is 4.90 Å². The fourth-order valence-corrected chi connectivity index (χ4v) is 2.43. The number of likely N-dealkylation sites (N-methyl/N-ethyl adjacent to an activating group) is 1. The summed E-state index contributed by atoms with van der Waals surface area (Å²) in [6.45, 7) is 5.28. The van der Waals surface area contributed by atoms with Gasteiger partial charge in [0.25, 0.3) is 0 Å². The highest BCUT2D eigenvalue weighted by molar-refractivity contribution is 6.31. The normalized spacial score (nSPS) is 14.8. The van der Waals surface area contributed by atoms with Crippen LogP contribution in [0.2, 0.25) is 5.02 Å². The van der Waals surface area contributed by atoms with Crippen molar-refractivity contribution in [2.45, 2.75) is 45.2 Å². The highest BCUT2D eigenvalue weighted by Crippen LogP contribution is 2.26. The van der Waals surface area contributed by atoms with Crippen LogP contribution in [-0.4, -0.2) is 24.5 Å². The quantitative estimate of drug-likeness (QED) is 0.814. The molecule has 0 aliphatic carbocycles. The highest BCUT2D eigenvalue weighted by atomic mass is 35.5. The molecule has 0 aliphatic heterocycles. The van der Waals surface area contributed by atoms with Gasteiger partial charge >= 0.3 is 0 Å². The van der Waals surface area contributed by atoms with Crippen LogP contribution in [0.15, 0.2) is 24.3 Å². The van der Waals surface area contributed by atoms with E-state index in [2.05, 4.69) is 31.9 Å². The number of halogens is 1. The molecule has 2 N–H and O–H groups in total. The first-order chi connectivity index (χ1) is 8.56. The largest absolute Gasteiger partial charge is 0.327 e. The Hall–Kier alpha value is -0.570. The predicted octanol–water partition coefficient (Wildman–Crippen LogP) is 3.85. The van der Waals surface area contributed by atoms with Crippen molar-refractivity contribution in [2.75, 3.05) is 13.6 Å². The average Bonchev–Trinajstić information content (AvgIpc) is 2.36. The van der Waals surface area contributed by atoms with E-state index < -0.39 is 0 Å². The fraction of sp³-hybridized carbons (Fsp3) is 0.600. The van der Waals surface area contributed by atoms with E-state index in [4.69, 9.17) is 17.3 Å². The van der Waals surface area contributed by atoms with Crippen LogP contribution in [-0.2, 0) is 0 Å². The molecule has 2 atom stereocenters. The lowest BCUT2D eigenvalue weighted by molar-refractivity contribution is 0.240. The zero-order chi connectivity index (χ0) is 13.5. The molecule has 3 heteroatoms. The van der Waals surface area contributed by atoms with Crippen molar-refractivity contribution in [3.63, 3.8) is 0 Å². The summed E-state index contributed by atoms with van der Waals surface area (Å²) in [6, 6.07) is 8.57. The summed E-state index contributed by atoms with van der Waals surface area (Å²) in [7, 11) is 2.11. The summed E-state index contributed by atoms with van der Waals surface area (Å²) < 4.78 is 0. The monoisotopic (exact) mass is 268 g/mol. The van der Waals surface area contributed by atoms with Crippen LogP contribution in [0.4, 0.5) is 0 Å². The first kappa shape index (κ1) is 15.5. The molecule has 0 aliphatic rings. The molecule has 0 spiro atoms. The molecule has 0 aromatic heterocycles. The number of unbranched alkanes of at least 4 members (excludes halogenated alkanes) is 1. The molecule has 1 rings (SSSR count). The van der Waals surface area contributed by atoms with Gasteiger partial charge in [-0.05, 0) is 32.0 Å². The van der Waals surface area contributed by atoms with E-state index in [1.807, 2.05) is 18.2 Å². The molecule has 0 heterocycles. The van der Waals surface area contributed by atoms with Crippen molar-refractivity contribution in [1.82, 2.24) is 4.90 Å². The van der Waals surface area contributed by atoms with Gasteiger partial charge in [0.2, 0.25) is 0 Å². The van der Waals surface area contributed by atoms with Crippen molar-refractivity contribution < 1.29 is 0 Å². The summed E-state index contributed by atoms with van der Waals surface area (Å²) in [4.78, 5) is 2.28. The Labute approximate surface area is 116 Å². The van der Waals surface area contributed by atoms with Crippen LogP contribution in [0, 0.1) is 0 Å². The Morgan fingerprint density at radius 1 is 1.33 bits per heavy atom. The van der Waals surface area contributed by atoms with Crippen molar-refractivity contribution in [3.05, 3.63) is 34.9 Å². The third kappa shape index (κ3) is 4.60. The second-order valence-electron chi connectivity index (χ2n) is 5.04. The molecule has 0 saturated carbocycles. The van der Waals surface area contributed by atoms with Crippen molar-refractivity contribution in [2.24, 2.45) is 5.73 Å². The van der Waals surface area contributed by atoms with Gasteiger partial charge in [0.15, 0.2) is 0 Å². The second kappa shape index (κ2) is 7.78. The second-order valence-corrected chi connectivity index (χ2v) is 5.45. The number of nitrogens with two attached hydrogens (primary N) is 1. The Morgan fingerprint density at radius 3 is 2.61 bits per heavy atom. The van der Waals surface area contributed by atoms with Gasteiger partial charge < -0.3 is 5.73 Å². The fourth-order valence-electron chi connectivity index (χ4n) is 2.14. The first-order valence-corrected chi connectivity index (χ1v) is 7.14. The minimum Gasteiger partial charge on any atom is -0.327 e. The lowest BCUT2D eigenvalue weighted by atomic mass is 10.1. The number of hydrogen-bond acceptors (Lipinski definition) is 2. The number of benzene rings is 1. The summed E-state index contributed by atoms with van der Waals surface area (Å²) >= 11 is 6.23. The SMILES string of the molecule is CCCCC(N)CN(C)C(C)c1ccccc1Cl. The molecule has 1 aromatic rings. The smallest absolute Gasteiger partial charge is 0.0453 e. The Balaban J connectivity index is 2.56. The van der Waals surface area contributed by atoms with E-state index in [1.165, 1.54) is 18.4 Å². The van der Waals surface area contributed by atoms with Crippen LogP contribution in [0.3, 0.4) is 0 Å². The van der Waals surface area contributed by atoms with Gasteiger partial charge in [-0.25, -0.2) is 0 Å². The number of hydrogen-bond donors (Lipinski definition) is 1. The van der Waals surface area contributed by atoms with E-state index in [0.717, 1.165) is 18.0 Å². The molecule has 0 fully saturated rings. The van der Waals surface area contributed by atoms with E-state index >= 15 is 0 Å². The maximum atomic E-state index is 6.23. The number of rotatable bonds is 7. The Kier molecular flexibility index (Phi) is 6.69. The van der Waals surface area contributed by atoms with Gasteiger partial charge in [0.1, 0.15) is 0 Å². The van der Waals surface area contributed by atoms with E-state index in [0.29, 0.717) is 6.04 Å². The van der Waals surface area contributed by atoms with Gasteiger partial charge in [-0.15, -0.1) is 0 Å². The lowest BCUT2D eigenvalue weighted by Gasteiger charge is -2.28. The summed E-state index contributed by atoms with van der Waals surface area (Å²) in [5.74, 6) is 0. The minimum atomic E-state index is 0.250. The molecule has 0 saturated heterocycles. The van der Waals surface area contributed by atoms with Crippen molar-refractivity contribution in [1.29, 1.82) is 0 Å². The Morgan fingerprint density at radius 2 is 2.00 bits per heavy atom. The van der Waals surface area contributed by atoms with Gasteiger partial charge in [-0.1, -0.05) is 49.6 Å². The molecular weight excluding hydrogens is 244 g/mol. The first-order valence-electron chi connectivity index (χ1n) is 6.76. The summed E-state index contributed by atoms with van der Waals surface area (Å²) in [6.07, 6.45) is 3.50. The Bertz CT molecular complexity index is 354. The van der Waals surface area contributed by atoms with Gasteiger partial charge in [-0.2, -0.15) is 0 Å². The van der Waals surface area contributed by atoms with Crippen LogP contribution in [0.1, 0.15) is 44.7 Å². The summed E-state index contributed by atoms with van der Waals surface area (Å²) in [5.41, 5.74) is 7.31. The molecule has 102 valence electrons. The molecule has 0 amide bonds. The topological polar surface area (TPSA) is 29.3 Å². The average molecular weight is 269 g/mol.